The molecule has 2 aromatic rings. The predicted molar refractivity (Wildman–Crippen MR) is 83.0 cm³/mol. The summed E-state index contributed by atoms with van der Waals surface area (Å²) in [6.45, 7) is 2.40. The minimum absolute atomic E-state index is 0.0421. The van der Waals surface area contributed by atoms with E-state index in [1.165, 1.54) is 11.3 Å². The van der Waals surface area contributed by atoms with Crippen LogP contribution in [0.25, 0.3) is 0 Å². The van der Waals surface area contributed by atoms with Gasteiger partial charge in [0.2, 0.25) is 0 Å². The van der Waals surface area contributed by atoms with Crippen molar-refractivity contribution in [2.45, 2.75) is 19.9 Å². The summed E-state index contributed by atoms with van der Waals surface area (Å²) in [5, 5.41) is 14.4. The van der Waals surface area contributed by atoms with Crippen LogP contribution in [-0.2, 0) is 6.54 Å². The Hall–Kier alpha value is -2.16. The number of nitrogens with zero attached hydrogens (tertiary/aromatic N) is 1. The van der Waals surface area contributed by atoms with Gasteiger partial charge in [-0.2, -0.15) is 0 Å². The number of thiazole rings is 1. The summed E-state index contributed by atoms with van der Waals surface area (Å²) in [5.41, 5.74) is 2.30. The van der Waals surface area contributed by atoms with E-state index >= 15 is 0 Å². The van der Waals surface area contributed by atoms with E-state index in [2.05, 4.69) is 22.1 Å². The van der Waals surface area contributed by atoms with Crippen molar-refractivity contribution < 1.29 is 9.90 Å². The Bertz CT molecular complexity index is 683. The van der Waals surface area contributed by atoms with Crippen molar-refractivity contribution in [2.24, 2.45) is 0 Å². The van der Waals surface area contributed by atoms with E-state index in [1.54, 1.807) is 18.2 Å². The summed E-state index contributed by atoms with van der Waals surface area (Å²) in [5.74, 6) is 5.61. The topological polar surface area (TPSA) is 62.2 Å². The van der Waals surface area contributed by atoms with Gasteiger partial charge in [0.1, 0.15) is 5.01 Å². The monoisotopic (exact) mass is 300 g/mol. The molecule has 1 aromatic heterocycles. The molecule has 108 valence electrons. The maximum Gasteiger partial charge on any atom is 0.251 e. The van der Waals surface area contributed by atoms with Gasteiger partial charge in [-0.15, -0.1) is 11.3 Å². The van der Waals surface area contributed by atoms with Crippen molar-refractivity contribution in [1.82, 2.24) is 10.3 Å². The molecule has 0 unspecified atom stereocenters. The molecule has 5 heteroatoms. The first-order chi connectivity index (χ1) is 10.2. The van der Waals surface area contributed by atoms with Crippen molar-refractivity contribution >= 4 is 17.2 Å². The van der Waals surface area contributed by atoms with Crippen LogP contribution in [0.2, 0.25) is 0 Å². The highest BCUT2D eigenvalue weighted by Crippen LogP contribution is 2.09. The van der Waals surface area contributed by atoms with E-state index in [9.17, 15) is 4.79 Å². The Balaban J connectivity index is 1.99. The Morgan fingerprint density at radius 2 is 2.33 bits per heavy atom. The second-order valence-corrected chi connectivity index (χ2v) is 5.36. The van der Waals surface area contributed by atoms with Crippen LogP contribution in [0, 0.1) is 18.8 Å². The van der Waals surface area contributed by atoms with E-state index in [0.29, 0.717) is 18.5 Å². The first kappa shape index (κ1) is 15.2. The summed E-state index contributed by atoms with van der Waals surface area (Å²) in [4.78, 5) is 16.4. The number of amides is 1. The largest absolute Gasteiger partial charge is 0.395 e. The molecule has 0 aliphatic rings. The number of aliphatic hydroxyl groups is 1. The fourth-order valence-corrected chi connectivity index (χ4v) is 2.41. The molecule has 0 fully saturated rings. The second-order valence-electron chi connectivity index (χ2n) is 4.42. The van der Waals surface area contributed by atoms with Gasteiger partial charge < -0.3 is 10.4 Å². The Morgan fingerprint density at radius 3 is 3.05 bits per heavy atom. The van der Waals surface area contributed by atoms with Gasteiger partial charge >= 0.3 is 0 Å². The summed E-state index contributed by atoms with van der Waals surface area (Å²) >= 11 is 1.53. The maximum absolute atomic E-state index is 12.1. The van der Waals surface area contributed by atoms with Gasteiger partial charge in [-0.25, -0.2) is 4.98 Å². The molecule has 0 radical (unpaired) electrons. The van der Waals surface area contributed by atoms with Crippen LogP contribution in [-0.4, -0.2) is 22.6 Å². The molecule has 0 atom stereocenters. The lowest BCUT2D eigenvalue weighted by Gasteiger charge is -2.03. The summed E-state index contributed by atoms with van der Waals surface area (Å²) in [6, 6.07) is 7.13. The number of hydrogen-bond acceptors (Lipinski definition) is 4. The van der Waals surface area contributed by atoms with Crippen LogP contribution in [0.3, 0.4) is 0 Å². The van der Waals surface area contributed by atoms with Gasteiger partial charge in [-0.3, -0.25) is 4.79 Å². The number of aromatic nitrogens is 1. The minimum Gasteiger partial charge on any atom is -0.395 e. The molecule has 1 aromatic carbocycles. The molecule has 21 heavy (non-hydrogen) atoms. The second kappa shape index (κ2) is 7.58. The molecule has 1 amide bonds. The zero-order valence-corrected chi connectivity index (χ0v) is 12.5. The molecule has 1 heterocycles. The van der Waals surface area contributed by atoms with Crippen LogP contribution in [0.5, 0.6) is 0 Å². The standard InChI is InChI=1S/C16H16N2O2S/c1-12-11-21-15(18-12)10-17-16(20)14-7-4-6-13(9-14)5-2-3-8-19/h4,6-7,9,11,19H,3,8,10H2,1H3,(H,17,20). The fraction of sp³-hybridized carbons (Fsp3) is 0.250. The molecular weight excluding hydrogens is 284 g/mol. The number of aryl methyl sites for hydroxylation is 1. The highest BCUT2D eigenvalue weighted by molar-refractivity contribution is 7.09. The van der Waals surface area contributed by atoms with E-state index in [0.717, 1.165) is 16.3 Å². The molecule has 2 rings (SSSR count). The van der Waals surface area contributed by atoms with Crippen LogP contribution < -0.4 is 5.32 Å². The van der Waals surface area contributed by atoms with Crippen molar-refractivity contribution in [3.63, 3.8) is 0 Å². The number of carbonyl (C=O) groups excluding carboxylic acids is 1. The number of nitrogens with one attached hydrogen (secondary N) is 1. The Labute approximate surface area is 127 Å². The van der Waals surface area contributed by atoms with E-state index < -0.39 is 0 Å². The average Bonchev–Trinajstić information content (AvgIpc) is 2.91. The van der Waals surface area contributed by atoms with Crippen molar-refractivity contribution in [3.8, 4) is 11.8 Å². The van der Waals surface area contributed by atoms with E-state index in [1.807, 2.05) is 18.4 Å². The number of aliphatic hydroxyl groups excluding tert-OH is 1. The van der Waals surface area contributed by atoms with Gasteiger partial charge in [-0.1, -0.05) is 17.9 Å². The number of hydrogen-bond donors (Lipinski definition) is 2. The highest BCUT2D eigenvalue weighted by atomic mass is 32.1. The lowest BCUT2D eigenvalue weighted by molar-refractivity contribution is 0.0951. The molecule has 2 N–H and O–H groups in total. The molecule has 0 saturated carbocycles. The Kier molecular flexibility index (Phi) is 5.50. The predicted octanol–water partition coefficient (Wildman–Crippen LogP) is 2.12. The third kappa shape index (κ3) is 4.71. The summed E-state index contributed by atoms with van der Waals surface area (Å²) in [6.07, 6.45) is 0.430. The molecule has 4 nitrogen and oxygen atoms in total. The SMILES string of the molecule is Cc1csc(CNC(=O)c2cccc(C#CCCO)c2)n1. The molecule has 0 aliphatic carbocycles. The molecule has 0 bridgehead atoms. The van der Waals surface area contributed by atoms with Gasteiger partial charge in [0.25, 0.3) is 5.91 Å². The Morgan fingerprint density at radius 1 is 1.48 bits per heavy atom. The lowest BCUT2D eigenvalue weighted by atomic mass is 10.1. The fourth-order valence-electron chi connectivity index (χ4n) is 1.70. The molecular formula is C16H16N2O2S. The molecule has 0 saturated heterocycles. The number of carbonyl (C=O) groups is 1. The van der Waals surface area contributed by atoms with E-state index in [-0.39, 0.29) is 12.5 Å². The lowest BCUT2D eigenvalue weighted by Crippen LogP contribution is -2.22. The van der Waals surface area contributed by atoms with Gasteiger partial charge in [0.05, 0.1) is 13.2 Å². The highest BCUT2D eigenvalue weighted by Gasteiger charge is 2.06. The van der Waals surface area contributed by atoms with Crippen LogP contribution in [0.4, 0.5) is 0 Å². The zero-order valence-electron chi connectivity index (χ0n) is 11.7. The minimum atomic E-state index is -0.145. The van der Waals surface area contributed by atoms with Crippen LogP contribution in [0.15, 0.2) is 29.6 Å². The van der Waals surface area contributed by atoms with Crippen LogP contribution in [0.1, 0.15) is 33.0 Å². The average molecular weight is 300 g/mol. The quantitative estimate of drug-likeness (QED) is 0.850. The van der Waals surface area contributed by atoms with Crippen molar-refractivity contribution in [3.05, 3.63) is 51.5 Å². The van der Waals surface area contributed by atoms with Gasteiger partial charge in [-0.05, 0) is 25.1 Å². The van der Waals surface area contributed by atoms with Gasteiger partial charge in [0.15, 0.2) is 0 Å². The summed E-state index contributed by atoms with van der Waals surface area (Å²) in [7, 11) is 0. The first-order valence-corrected chi connectivity index (χ1v) is 7.46. The van der Waals surface area contributed by atoms with Crippen molar-refractivity contribution in [1.29, 1.82) is 0 Å². The third-order valence-corrected chi connectivity index (χ3v) is 3.63. The normalized spacial score (nSPS) is 9.81. The van der Waals surface area contributed by atoms with E-state index in [4.69, 9.17) is 5.11 Å². The van der Waals surface area contributed by atoms with Crippen molar-refractivity contribution in [2.75, 3.05) is 6.61 Å². The summed E-state index contributed by atoms with van der Waals surface area (Å²) < 4.78 is 0. The third-order valence-electron chi connectivity index (χ3n) is 2.66. The molecule has 0 spiro atoms. The molecule has 0 aliphatic heterocycles. The first-order valence-electron chi connectivity index (χ1n) is 6.58. The number of rotatable bonds is 4. The maximum atomic E-state index is 12.1. The van der Waals surface area contributed by atoms with Crippen LogP contribution >= 0.6 is 11.3 Å². The zero-order chi connectivity index (χ0) is 15.1. The number of benzene rings is 1. The van der Waals surface area contributed by atoms with Gasteiger partial charge in [0, 0.05) is 28.6 Å². The smallest absolute Gasteiger partial charge is 0.251 e.